The lowest BCUT2D eigenvalue weighted by Crippen LogP contribution is -2.14. The maximum absolute atomic E-state index is 12.8. The van der Waals surface area contributed by atoms with Crippen LogP contribution in [0, 0.1) is 0 Å². The van der Waals surface area contributed by atoms with Crippen molar-refractivity contribution in [2.45, 2.75) is 22.7 Å². The molecule has 5 nitrogen and oxygen atoms in total. The molecule has 0 bridgehead atoms. The van der Waals surface area contributed by atoms with E-state index in [0.717, 1.165) is 17.7 Å². The number of carbonyl (C=O) groups excluding carboxylic acids is 1. The molecule has 0 atom stereocenters. The van der Waals surface area contributed by atoms with Crippen LogP contribution in [0.3, 0.4) is 0 Å². The van der Waals surface area contributed by atoms with E-state index in [0.29, 0.717) is 26.5 Å². The highest BCUT2D eigenvalue weighted by molar-refractivity contribution is 8.00. The lowest BCUT2D eigenvalue weighted by molar-refractivity contribution is -0.137. The van der Waals surface area contributed by atoms with Gasteiger partial charge in [0, 0.05) is 5.75 Å². The molecule has 0 spiro atoms. The van der Waals surface area contributed by atoms with Gasteiger partial charge >= 0.3 is 6.18 Å². The summed E-state index contributed by atoms with van der Waals surface area (Å²) in [5.74, 6) is 0.791. The van der Waals surface area contributed by atoms with Crippen LogP contribution in [0.4, 0.5) is 18.3 Å². The van der Waals surface area contributed by atoms with Crippen LogP contribution in [-0.4, -0.2) is 23.2 Å². The molecule has 0 unspecified atom stereocenters. The van der Waals surface area contributed by atoms with Crippen molar-refractivity contribution in [3.05, 3.63) is 65.2 Å². The summed E-state index contributed by atoms with van der Waals surface area (Å²) < 4.78 is 44.0. The first-order valence-corrected chi connectivity index (χ1v) is 10.2. The van der Waals surface area contributed by atoms with Crippen molar-refractivity contribution in [2.75, 3.05) is 12.4 Å². The molecule has 0 aliphatic heterocycles. The molecule has 3 aromatic rings. The van der Waals surface area contributed by atoms with Gasteiger partial charge in [-0.15, -0.1) is 10.2 Å². The molecule has 1 N–H and O–H groups in total. The average Bonchev–Trinajstić information content (AvgIpc) is 3.13. The highest BCUT2D eigenvalue weighted by atomic mass is 32.2. The number of amides is 1. The zero-order valence-corrected chi connectivity index (χ0v) is 16.8. The second-order valence-corrected chi connectivity index (χ2v) is 8.13. The molecule has 29 heavy (non-hydrogen) atoms. The third-order valence-corrected chi connectivity index (χ3v) is 5.84. The first-order valence-electron chi connectivity index (χ1n) is 8.39. The van der Waals surface area contributed by atoms with E-state index in [4.69, 9.17) is 4.74 Å². The summed E-state index contributed by atoms with van der Waals surface area (Å²) in [7, 11) is 1.57. The fourth-order valence-corrected chi connectivity index (χ4v) is 4.10. The maximum atomic E-state index is 12.8. The molecule has 0 fully saturated rings. The van der Waals surface area contributed by atoms with Crippen LogP contribution >= 0.6 is 23.1 Å². The molecule has 0 saturated carbocycles. The van der Waals surface area contributed by atoms with Gasteiger partial charge in [0.1, 0.15) is 5.75 Å². The molecule has 1 amide bonds. The van der Waals surface area contributed by atoms with Gasteiger partial charge in [-0.1, -0.05) is 53.4 Å². The van der Waals surface area contributed by atoms with Gasteiger partial charge in [0.2, 0.25) is 11.0 Å². The van der Waals surface area contributed by atoms with Gasteiger partial charge in [0.05, 0.1) is 19.1 Å². The van der Waals surface area contributed by atoms with Crippen molar-refractivity contribution in [2.24, 2.45) is 0 Å². The molecule has 1 aromatic heterocycles. The number of methoxy groups -OCH3 is 1. The number of benzene rings is 2. The van der Waals surface area contributed by atoms with Crippen molar-refractivity contribution in [3.63, 3.8) is 0 Å². The molecule has 2 aromatic carbocycles. The topological polar surface area (TPSA) is 64.1 Å². The summed E-state index contributed by atoms with van der Waals surface area (Å²) in [4.78, 5) is 12.1. The highest BCUT2D eigenvalue weighted by Gasteiger charge is 2.30. The molecule has 1 heterocycles. The summed E-state index contributed by atoms with van der Waals surface area (Å²) in [6.45, 7) is 0. The highest BCUT2D eigenvalue weighted by Crippen LogP contribution is 2.32. The van der Waals surface area contributed by atoms with E-state index in [9.17, 15) is 18.0 Å². The van der Waals surface area contributed by atoms with E-state index in [1.807, 2.05) is 0 Å². The maximum Gasteiger partial charge on any atom is 0.416 e. The van der Waals surface area contributed by atoms with Crippen molar-refractivity contribution in [1.29, 1.82) is 0 Å². The Bertz CT molecular complexity index is 975. The number of alkyl halides is 3. The average molecular weight is 439 g/mol. The lowest BCUT2D eigenvalue weighted by Gasteiger charge is -2.07. The summed E-state index contributed by atoms with van der Waals surface area (Å²) in [6, 6.07) is 12.3. The SMILES string of the molecule is COc1ccc(CC(=O)Nc2nnc(SCc3cccc(C(F)(F)F)c3)s2)cc1. The van der Waals surface area contributed by atoms with Crippen LogP contribution in [0.2, 0.25) is 0 Å². The second-order valence-electron chi connectivity index (χ2n) is 5.93. The van der Waals surface area contributed by atoms with Crippen molar-refractivity contribution in [1.82, 2.24) is 10.2 Å². The summed E-state index contributed by atoms with van der Waals surface area (Å²) in [5, 5.41) is 10.9. The third-order valence-electron chi connectivity index (χ3n) is 3.79. The van der Waals surface area contributed by atoms with E-state index in [2.05, 4.69) is 15.5 Å². The molecular formula is C19H16F3N3O2S2. The first kappa shape index (κ1) is 21.1. The molecule has 0 aliphatic carbocycles. The minimum atomic E-state index is -4.37. The van der Waals surface area contributed by atoms with E-state index >= 15 is 0 Å². The van der Waals surface area contributed by atoms with Gasteiger partial charge in [-0.3, -0.25) is 4.79 Å². The van der Waals surface area contributed by atoms with Crippen LogP contribution in [0.1, 0.15) is 16.7 Å². The standard InChI is InChI=1S/C19H16F3N3O2S2/c1-27-15-7-5-12(6-8-15)10-16(26)23-17-24-25-18(29-17)28-11-13-3-2-4-14(9-13)19(20,21)22/h2-9H,10-11H2,1H3,(H,23,24,26). The molecule has 3 rings (SSSR count). The first-order chi connectivity index (χ1) is 13.8. The number of aromatic nitrogens is 2. The van der Waals surface area contributed by atoms with Crippen molar-refractivity contribution in [3.8, 4) is 5.75 Å². The van der Waals surface area contributed by atoms with Crippen molar-refractivity contribution < 1.29 is 22.7 Å². The summed E-state index contributed by atoms with van der Waals surface area (Å²) >= 11 is 2.43. The molecule has 10 heteroatoms. The Morgan fingerprint density at radius 2 is 1.90 bits per heavy atom. The molecule has 0 radical (unpaired) electrons. The number of carbonyl (C=O) groups is 1. The number of nitrogens with zero attached hydrogens (tertiary/aromatic N) is 2. The Morgan fingerprint density at radius 1 is 1.14 bits per heavy atom. The van der Waals surface area contributed by atoms with Gasteiger partial charge in [0.15, 0.2) is 4.34 Å². The van der Waals surface area contributed by atoms with Crippen LogP contribution in [0.5, 0.6) is 5.75 Å². The number of nitrogens with one attached hydrogen (secondary N) is 1. The molecule has 152 valence electrons. The molecular weight excluding hydrogens is 423 g/mol. The Hall–Kier alpha value is -2.59. The minimum absolute atomic E-state index is 0.177. The van der Waals surface area contributed by atoms with E-state index < -0.39 is 11.7 Å². The zero-order valence-electron chi connectivity index (χ0n) is 15.2. The molecule has 0 aliphatic rings. The van der Waals surface area contributed by atoms with Crippen LogP contribution in [-0.2, 0) is 23.1 Å². The van der Waals surface area contributed by atoms with Gasteiger partial charge in [-0.2, -0.15) is 13.2 Å². The third kappa shape index (κ3) is 6.20. The number of anilines is 1. The monoisotopic (exact) mass is 439 g/mol. The van der Waals surface area contributed by atoms with Crippen molar-refractivity contribution >= 4 is 34.1 Å². The van der Waals surface area contributed by atoms with E-state index in [-0.39, 0.29) is 12.3 Å². The van der Waals surface area contributed by atoms with Gasteiger partial charge in [-0.25, -0.2) is 0 Å². The normalized spacial score (nSPS) is 11.3. The Morgan fingerprint density at radius 3 is 2.59 bits per heavy atom. The fraction of sp³-hybridized carbons (Fsp3) is 0.211. The predicted molar refractivity (Wildman–Crippen MR) is 106 cm³/mol. The predicted octanol–water partition coefficient (Wildman–Crippen LogP) is 5.04. The van der Waals surface area contributed by atoms with Gasteiger partial charge in [0.25, 0.3) is 0 Å². The largest absolute Gasteiger partial charge is 0.497 e. The number of hydrogen-bond acceptors (Lipinski definition) is 6. The summed E-state index contributed by atoms with van der Waals surface area (Å²) in [5.41, 5.74) is 0.677. The van der Waals surface area contributed by atoms with Gasteiger partial charge < -0.3 is 10.1 Å². The fourth-order valence-electron chi connectivity index (χ4n) is 2.39. The quantitative estimate of drug-likeness (QED) is 0.413. The Kier molecular flexibility index (Phi) is 6.75. The van der Waals surface area contributed by atoms with E-state index in [1.165, 1.54) is 29.2 Å². The van der Waals surface area contributed by atoms with Crippen LogP contribution in [0.25, 0.3) is 0 Å². The number of ether oxygens (including phenoxy) is 1. The minimum Gasteiger partial charge on any atom is -0.497 e. The Labute approximate surface area is 173 Å². The lowest BCUT2D eigenvalue weighted by atomic mass is 10.1. The molecule has 0 saturated heterocycles. The van der Waals surface area contributed by atoms with Crippen LogP contribution in [0.15, 0.2) is 52.9 Å². The number of hydrogen-bond donors (Lipinski definition) is 1. The smallest absolute Gasteiger partial charge is 0.416 e. The second kappa shape index (κ2) is 9.27. The Balaban J connectivity index is 1.53. The number of halogens is 3. The zero-order chi connectivity index (χ0) is 20.9. The number of rotatable bonds is 7. The van der Waals surface area contributed by atoms with Crippen LogP contribution < -0.4 is 10.1 Å². The van der Waals surface area contributed by atoms with Gasteiger partial charge in [-0.05, 0) is 29.3 Å². The summed E-state index contributed by atoms with van der Waals surface area (Å²) in [6.07, 6.45) is -4.19. The number of thioether (sulfide) groups is 1. The van der Waals surface area contributed by atoms with E-state index in [1.54, 1.807) is 37.4 Å².